The number of carbonyl (C=O) groups excluding carboxylic acids is 1. The van der Waals surface area contributed by atoms with Gasteiger partial charge >= 0.3 is 0 Å². The van der Waals surface area contributed by atoms with Gasteiger partial charge in [-0.1, -0.05) is 30.3 Å². The predicted molar refractivity (Wildman–Crippen MR) is 100 cm³/mol. The van der Waals surface area contributed by atoms with Gasteiger partial charge in [0.15, 0.2) is 0 Å². The Morgan fingerprint density at radius 3 is 2.20 bits per heavy atom. The highest BCUT2D eigenvalue weighted by Gasteiger charge is 2.43. The summed E-state index contributed by atoms with van der Waals surface area (Å²) in [5.74, 6) is 0.251. The summed E-state index contributed by atoms with van der Waals surface area (Å²) >= 11 is 0. The van der Waals surface area contributed by atoms with Gasteiger partial charge in [-0.05, 0) is 63.6 Å². The van der Waals surface area contributed by atoms with E-state index in [1.54, 1.807) is 0 Å². The summed E-state index contributed by atoms with van der Waals surface area (Å²) in [7, 11) is 4.05. The number of likely N-dealkylation sites (tertiary alicyclic amines) is 1. The van der Waals surface area contributed by atoms with E-state index in [1.807, 2.05) is 49.3 Å². The molecule has 1 amide bonds. The van der Waals surface area contributed by atoms with Crippen molar-refractivity contribution in [1.29, 1.82) is 0 Å². The van der Waals surface area contributed by atoms with Gasteiger partial charge in [0.05, 0.1) is 12.0 Å². The molecule has 2 aliphatic rings. The van der Waals surface area contributed by atoms with E-state index >= 15 is 0 Å². The highest BCUT2D eigenvalue weighted by atomic mass is 16.3. The van der Waals surface area contributed by atoms with Crippen LogP contribution in [-0.2, 0) is 11.2 Å². The van der Waals surface area contributed by atoms with Crippen LogP contribution in [-0.4, -0.2) is 60.1 Å². The Kier molecular flexibility index (Phi) is 5.49. The fourth-order valence-electron chi connectivity index (χ4n) is 4.61. The third-order valence-corrected chi connectivity index (χ3v) is 6.23. The topological polar surface area (TPSA) is 43.8 Å². The van der Waals surface area contributed by atoms with Gasteiger partial charge in [-0.3, -0.25) is 4.79 Å². The predicted octanol–water partition coefficient (Wildman–Crippen LogP) is 2.70. The number of piperidine rings is 1. The second-order valence-corrected chi connectivity index (χ2v) is 8.51. The Morgan fingerprint density at radius 2 is 1.64 bits per heavy atom. The maximum Gasteiger partial charge on any atom is 0.226 e. The van der Waals surface area contributed by atoms with E-state index in [9.17, 15) is 9.90 Å². The monoisotopic (exact) mass is 344 g/mol. The molecule has 1 aliphatic heterocycles. The van der Waals surface area contributed by atoms with Crippen LogP contribution in [0.15, 0.2) is 30.3 Å². The van der Waals surface area contributed by atoms with Gasteiger partial charge in [0.1, 0.15) is 0 Å². The fourth-order valence-corrected chi connectivity index (χ4v) is 4.61. The Hall–Kier alpha value is -1.39. The summed E-state index contributed by atoms with van der Waals surface area (Å²) in [6.07, 6.45) is 6.66. The second-order valence-electron chi connectivity index (χ2n) is 8.51. The smallest absolute Gasteiger partial charge is 0.226 e. The summed E-state index contributed by atoms with van der Waals surface area (Å²) in [5, 5.41) is 10.8. The van der Waals surface area contributed by atoms with Crippen molar-refractivity contribution >= 4 is 5.91 Å². The first kappa shape index (κ1) is 18.4. The molecule has 0 unspecified atom stereocenters. The molecule has 1 aromatic carbocycles. The Morgan fingerprint density at radius 1 is 1.04 bits per heavy atom. The van der Waals surface area contributed by atoms with E-state index < -0.39 is 5.60 Å². The number of carbonyl (C=O) groups is 1. The molecule has 1 heterocycles. The third-order valence-electron chi connectivity index (χ3n) is 6.23. The van der Waals surface area contributed by atoms with Crippen molar-refractivity contribution in [2.24, 2.45) is 5.41 Å². The van der Waals surface area contributed by atoms with Crippen LogP contribution < -0.4 is 0 Å². The van der Waals surface area contributed by atoms with Crippen molar-refractivity contribution in [3.05, 3.63) is 35.9 Å². The molecular weight excluding hydrogens is 312 g/mol. The Labute approximate surface area is 151 Å². The zero-order valence-electron chi connectivity index (χ0n) is 15.7. The average molecular weight is 344 g/mol. The van der Waals surface area contributed by atoms with Gasteiger partial charge in [-0.2, -0.15) is 0 Å². The van der Waals surface area contributed by atoms with Crippen molar-refractivity contribution in [3.8, 4) is 0 Å². The molecule has 2 fully saturated rings. The number of aliphatic hydroxyl groups is 1. The zero-order chi connectivity index (χ0) is 17.9. The molecule has 4 heteroatoms. The molecule has 0 radical (unpaired) electrons. The van der Waals surface area contributed by atoms with Crippen LogP contribution in [0, 0.1) is 5.41 Å². The van der Waals surface area contributed by atoms with Crippen molar-refractivity contribution in [3.63, 3.8) is 0 Å². The van der Waals surface area contributed by atoms with Crippen molar-refractivity contribution < 1.29 is 9.90 Å². The first-order valence-electron chi connectivity index (χ1n) is 9.59. The normalized spacial score (nSPS) is 22.3. The van der Waals surface area contributed by atoms with Crippen LogP contribution in [0.25, 0.3) is 0 Å². The van der Waals surface area contributed by atoms with Gasteiger partial charge in [0.2, 0.25) is 5.91 Å². The average Bonchev–Trinajstić information content (AvgIpc) is 2.59. The van der Waals surface area contributed by atoms with Gasteiger partial charge < -0.3 is 14.9 Å². The first-order chi connectivity index (χ1) is 11.9. The number of likely N-dealkylation sites (N-methyl/N-ethyl adjacent to an activating group) is 1. The lowest BCUT2D eigenvalue weighted by Crippen LogP contribution is -2.50. The molecular formula is C21H32N2O2. The van der Waals surface area contributed by atoms with E-state index in [2.05, 4.69) is 4.90 Å². The van der Waals surface area contributed by atoms with Crippen LogP contribution in [0.4, 0.5) is 0 Å². The molecule has 1 N–H and O–H groups in total. The standard InChI is InChI=1S/C21H32N2O2/c1-22(2)17-21(25)10-8-20(9-11-21)12-14-23(15-13-20)19(24)16-18-6-4-3-5-7-18/h3-7,25H,8-17H2,1-2H3. The lowest BCUT2D eigenvalue weighted by Gasteiger charge is -2.48. The number of hydrogen-bond acceptors (Lipinski definition) is 3. The fraction of sp³-hybridized carbons (Fsp3) is 0.667. The largest absolute Gasteiger partial charge is 0.389 e. The minimum absolute atomic E-state index is 0.251. The maximum atomic E-state index is 12.5. The summed E-state index contributed by atoms with van der Waals surface area (Å²) in [6.45, 7) is 2.50. The van der Waals surface area contributed by atoms with E-state index in [0.29, 0.717) is 11.8 Å². The zero-order valence-corrected chi connectivity index (χ0v) is 15.7. The van der Waals surface area contributed by atoms with Crippen molar-refractivity contribution in [2.75, 3.05) is 33.7 Å². The number of rotatable bonds is 4. The third kappa shape index (κ3) is 4.62. The molecule has 25 heavy (non-hydrogen) atoms. The van der Waals surface area contributed by atoms with Crippen molar-refractivity contribution in [2.45, 2.75) is 50.5 Å². The molecule has 3 rings (SSSR count). The highest BCUT2D eigenvalue weighted by molar-refractivity contribution is 5.78. The Bertz CT molecular complexity index is 567. The minimum atomic E-state index is -0.519. The molecule has 0 bridgehead atoms. The Balaban J connectivity index is 1.50. The summed E-state index contributed by atoms with van der Waals surface area (Å²) < 4.78 is 0. The van der Waals surface area contributed by atoms with Gasteiger partial charge in [0.25, 0.3) is 0 Å². The SMILES string of the molecule is CN(C)CC1(O)CCC2(CCN(C(=O)Cc3ccccc3)CC2)CC1. The molecule has 1 aliphatic carbocycles. The maximum absolute atomic E-state index is 12.5. The molecule has 1 aromatic rings. The molecule has 4 nitrogen and oxygen atoms in total. The molecule has 0 aromatic heterocycles. The van der Waals surface area contributed by atoms with Crippen LogP contribution in [0.3, 0.4) is 0 Å². The molecule has 1 saturated carbocycles. The van der Waals surface area contributed by atoms with Gasteiger partial charge in [-0.25, -0.2) is 0 Å². The van der Waals surface area contributed by atoms with Crippen LogP contribution >= 0.6 is 0 Å². The lowest BCUT2D eigenvalue weighted by molar-refractivity contribution is -0.134. The van der Waals surface area contributed by atoms with E-state index in [4.69, 9.17) is 0 Å². The molecule has 138 valence electrons. The van der Waals surface area contributed by atoms with Crippen LogP contribution in [0.1, 0.15) is 44.1 Å². The first-order valence-corrected chi connectivity index (χ1v) is 9.59. The van der Waals surface area contributed by atoms with Crippen LogP contribution in [0.2, 0.25) is 0 Å². The minimum Gasteiger partial charge on any atom is -0.389 e. The van der Waals surface area contributed by atoms with E-state index in [1.165, 1.54) is 0 Å². The van der Waals surface area contributed by atoms with Gasteiger partial charge in [0, 0.05) is 19.6 Å². The molecule has 1 saturated heterocycles. The van der Waals surface area contributed by atoms with E-state index in [-0.39, 0.29) is 5.91 Å². The molecule has 1 spiro atoms. The number of nitrogens with zero attached hydrogens (tertiary/aromatic N) is 2. The number of amides is 1. The molecule has 0 atom stereocenters. The number of hydrogen-bond donors (Lipinski definition) is 1. The van der Waals surface area contributed by atoms with E-state index in [0.717, 1.165) is 63.7 Å². The quantitative estimate of drug-likeness (QED) is 0.913. The summed E-state index contributed by atoms with van der Waals surface area (Å²) in [5.41, 5.74) is 0.927. The van der Waals surface area contributed by atoms with Gasteiger partial charge in [-0.15, -0.1) is 0 Å². The lowest BCUT2D eigenvalue weighted by atomic mass is 9.64. The number of benzene rings is 1. The van der Waals surface area contributed by atoms with Crippen molar-refractivity contribution in [1.82, 2.24) is 9.80 Å². The summed E-state index contributed by atoms with van der Waals surface area (Å²) in [4.78, 5) is 16.7. The highest BCUT2D eigenvalue weighted by Crippen LogP contribution is 2.47. The second kappa shape index (κ2) is 7.46. The summed E-state index contributed by atoms with van der Waals surface area (Å²) in [6, 6.07) is 10.0. The van der Waals surface area contributed by atoms with Crippen LogP contribution in [0.5, 0.6) is 0 Å².